The van der Waals surface area contributed by atoms with Gasteiger partial charge in [-0.3, -0.25) is 0 Å². The van der Waals surface area contributed by atoms with Crippen molar-refractivity contribution in [1.29, 1.82) is 0 Å². The van der Waals surface area contributed by atoms with Gasteiger partial charge >= 0.3 is 5.97 Å². The van der Waals surface area contributed by atoms with Crippen LogP contribution in [0.1, 0.15) is 35.7 Å². The van der Waals surface area contributed by atoms with Gasteiger partial charge in [-0.2, -0.15) is 0 Å². The molecule has 1 aromatic carbocycles. The van der Waals surface area contributed by atoms with Crippen LogP contribution in [0.3, 0.4) is 0 Å². The predicted molar refractivity (Wildman–Crippen MR) is 86.9 cm³/mol. The van der Waals surface area contributed by atoms with E-state index in [1.807, 2.05) is 0 Å². The highest BCUT2D eigenvalue weighted by atomic mass is 32.2. The van der Waals surface area contributed by atoms with Crippen molar-refractivity contribution in [3.63, 3.8) is 0 Å². The maximum atomic E-state index is 12.3. The van der Waals surface area contributed by atoms with Crippen molar-refractivity contribution >= 4 is 25.8 Å². The minimum atomic E-state index is -3.84. The third kappa shape index (κ3) is 6.28. The van der Waals surface area contributed by atoms with Gasteiger partial charge < -0.3 is 5.11 Å². The van der Waals surface area contributed by atoms with Crippen LogP contribution in [0.15, 0.2) is 23.1 Å². The fraction of sp³-hybridized carbons (Fsp3) is 0.500. The summed E-state index contributed by atoms with van der Waals surface area (Å²) in [6.07, 6.45) is 2.32. The van der Waals surface area contributed by atoms with Crippen LogP contribution >= 0.6 is 0 Å². The van der Waals surface area contributed by atoms with Gasteiger partial charge in [0.25, 0.3) is 0 Å². The average Bonchev–Trinajstić information content (AvgIpc) is 2.44. The van der Waals surface area contributed by atoms with Gasteiger partial charge in [-0.25, -0.2) is 26.4 Å². The SMILES string of the molecule is CCc1ccc(C(=O)O)cc1S(=O)(=O)NCCCCS(C)(=O)=O. The largest absolute Gasteiger partial charge is 0.478 e. The number of benzene rings is 1. The van der Waals surface area contributed by atoms with Crippen LogP contribution in [-0.2, 0) is 26.3 Å². The molecule has 0 heterocycles. The van der Waals surface area contributed by atoms with Crippen LogP contribution < -0.4 is 4.72 Å². The standard InChI is InChI=1S/C14H21NO6S2/c1-3-11-6-7-12(14(16)17)10-13(11)23(20,21)15-8-4-5-9-22(2,18)19/h6-7,10,15H,3-5,8-9H2,1-2H3,(H,16,17). The smallest absolute Gasteiger partial charge is 0.335 e. The molecule has 7 nitrogen and oxygen atoms in total. The lowest BCUT2D eigenvalue weighted by Crippen LogP contribution is -2.26. The summed E-state index contributed by atoms with van der Waals surface area (Å²) in [5.41, 5.74) is 0.429. The minimum absolute atomic E-state index is 0.00341. The number of sulfone groups is 1. The Morgan fingerprint density at radius 1 is 1.17 bits per heavy atom. The van der Waals surface area contributed by atoms with Crippen molar-refractivity contribution in [3.8, 4) is 0 Å². The number of rotatable bonds is 9. The number of hydrogen-bond acceptors (Lipinski definition) is 5. The monoisotopic (exact) mass is 363 g/mol. The molecule has 130 valence electrons. The second-order valence-corrected chi connectivity index (χ2v) is 9.21. The highest BCUT2D eigenvalue weighted by Crippen LogP contribution is 2.18. The van der Waals surface area contributed by atoms with Gasteiger partial charge in [-0.05, 0) is 37.0 Å². The first-order valence-corrected chi connectivity index (χ1v) is 10.6. The molecule has 0 aliphatic rings. The second-order valence-electron chi connectivity index (χ2n) is 5.22. The third-order valence-electron chi connectivity index (χ3n) is 3.22. The second kappa shape index (κ2) is 7.89. The highest BCUT2D eigenvalue weighted by molar-refractivity contribution is 7.90. The summed E-state index contributed by atoms with van der Waals surface area (Å²) in [6.45, 7) is 1.87. The molecule has 2 N–H and O–H groups in total. The Balaban J connectivity index is 2.83. The van der Waals surface area contributed by atoms with E-state index < -0.39 is 25.8 Å². The van der Waals surface area contributed by atoms with E-state index in [0.29, 0.717) is 24.8 Å². The fourth-order valence-corrected chi connectivity index (χ4v) is 4.14. The molecule has 0 aliphatic heterocycles. The third-order valence-corrected chi connectivity index (χ3v) is 5.79. The van der Waals surface area contributed by atoms with Crippen molar-refractivity contribution in [3.05, 3.63) is 29.3 Å². The van der Waals surface area contributed by atoms with E-state index in [1.165, 1.54) is 12.1 Å². The van der Waals surface area contributed by atoms with Crippen molar-refractivity contribution in [2.45, 2.75) is 31.1 Å². The van der Waals surface area contributed by atoms with E-state index in [1.54, 1.807) is 6.92 Å². The molecule has 23 heavy (non-hydrogen) atoms. The molecule has 0 atom stereocenters. The van der Waals surface area contributed by atoms with Crippen LogP contribution in [0.4, 0.5) is 0 Å². The molecule has 0 fully saturated rings. The Hall–Kier alpha value is -1.45. The van der Waals surface area contributed by atoms with E-state index >= 15 is 0 Å². The topological polar surface area (TPSA) is 118 Å². The van der Waals surface area contributed by atoms with Crippen LogP contribution in [-0.4, -0.2) is 46.5 Å². The summed E-state index contributed by atoms with van der Waals surface area (Å²) >= 11 is 0. The van der Waals surface area contributed by atoms with Gasteiger partial charge in [0, 0.05) is 18.6 Å². The number of hydrogen-bond donors (Lipinski definition) is 2. The molecule has 0 aromatic heterocycles. The highest BCUT2D eigenvalue weighted by Gasteiger charge is 2.19. The molecule has 0 saturated heterocycles. The summed E-state index contributed by atoms with van der Waals surface area (Å²) in [5, 5.41) is 8.99. The summed E-state index contributed by atoms with van der Waals surface area (Å²) < 4.78 is 49.0. The zero-order valence-electron chi connectivity index (χ0n) is 13.1. The molecule has 0 radical (unpaired) electrons. The van der Waals surface area contributed by atoms with Gasteiger partial charge in [-0.15, -0.1) is 0 Å². The minimum Gasteiger partial charge on any atom is -0.478 e. The van der Waals surface area contributed by atoms with Gasteiger partial charge in [-0.1, -0.05) is 13.0 Å². The van der Waals surface area contributed by atoms with E-state index in [-0.39, 0.29) is 22.8 Å². The van der Waals surface area contributed by atoms with Crippen LogP contribution in [0.25, 0.3) is 0 Å². The first kappa shape index (κ1) is 19.6. The summed E-state index contributed by atoms with van der Waals surface area (Å²) in [4.78, 5) is 10.9. The number of carboxylic acid groups (broad SMARTS) is 1. The number of aromatic carboxylic acids is 1. The van der Waals surface area contributed by atoms with Crippen LogP contribution in [0, 0.1) is 0 Å². The molecule has 0 spiro atoms. The van der Waals surface area contributed by atoms with E-state index in [0.717, 1.165) is 12.3 Å². The normalized spacial score (nSPS) is 12.3. The van der Waals surface area contributed by atoms with Gasteiger partial charge in [0.1, 0.15) is 9.84 Å². The maximum absolute atomic E-state index is 12.3. The number of sulfonamides is 1. The Kier molecular flexibility index (Phi) is 6.72. The van der Waals surface area contributed by atoms with Crippen molar-refractivity contribution in [2.75, 3.05) is 18.6 Å². The molecular formula is C14H21NO6S2. The first-order chi connectivity index (χ1) is 10.6. The molecule has 1 aromatic rings. The number of carbonyl (C=O) groups is 1. The van der Waals surface area contributed by atoms with E-state index in [9.17, 15) is 21.6 Å². The summed E-state index contributed by atoms with van der Waals surface area (Å²) in [5.74, 6) is -1.19. The van der Waals surface area contributed by atoms with E-state index in [4.69, 9.17) is 5.11 Å². The Morgan fingerprint density at radius 3 is 2.35 bits per heavy atom. The molecule has 9 heteroatoms. The lowest BCUT2D eigenvalue weighted by Gasteiger charge is -2.11. The average molecular weight is 363 g/mol. The number of carboxylic acids is 1. The van der Waals surface area contributed by atoms with Crippen molar-refractivity contribution < 1.29 is 26.7 Å². The Morgan fingerprint density at radius 2 is 1.83 bits per heavy atom. The molecule has 0 amide bonds. The van der Waals surface area contributed by atoms with Crippen LogP contribution in [0.2, 0.25) is 0 Å². The Bertz CT molecular complexity index is 768. The maximum Gasteiger partial charge on any atom is 0.335 e. The molecule has 0 unspecified atom stereocenters. The molecule has 0 bridgehead atoms. The first-order valence-electron chi connectivity index (χ1n) is 7.10. The molecule has 0 aliphatic carbocycles. The lowest BCUT2D eigenvalue weighted by atomic mass is 10.1. The van der Waals surface area contributed by atoms with Crippen LogP contribution in [0.5, 0.6) is 0 Å². The zero-order valence-corrected chi connectivity index (χ0v) is 14.7. The van der Waals surface area contributed by atoms with Crippen molar-refractivity contribution in [1.82, 2.24) is 4.72 Å². The predicted octanol–water partition coefficient (Wildman–Crippen LogP) is 1.05. The number of aryl methyl sites for hydroxylation is 1. The van der Waals surface area contributed by atoms with Gasteiger partial charge in [0.15, 0.2) is 0 Å². The Labute approximate surface area is 136 Å². The summed E-state index contributed by atoms with van der Waals surface area (Å²) in [6, 6.07) is 3.99. The molecule has 0 saturated carbocycles. The van der Waals surface area contributed by atoms with Gasteiger partial charge in [0.2, 0.25) is 10.0 Å². The number of unbranched alkanes of at least 4 members (excludes halogenated alkanes) is 1. The fourth-order valence-electron chi connectivity index (χ4n) is 2.00. The zero-order chi connectivity index (χ0) is 17.7. The van der Waals surface area contributed by atoms with Gasteiger partial charge in [0.05, 0.1) is 10.5 Å². The quantitative estimate of drug-likeness (QED) is 0.633. The van der Waals surface area contributed by atoms with E-state index in [2.05, 4.69) is 4.72 Å². The lowest BCUT2D eigenvalue weighted by molar-refractivity contribution is 0.0696. The number of nitrogens with one attached hydrogen (secondary N) is 1. The van der Waals surface area contributed by atoms with Crippen molar-refractivity contribution in [2.24, 2.45) is 0 Å². The molecule has 1 rings (SSSR count). The molecular weight excluding hydrogens is 342 g/mol. The summed E-state index contributed by atoms with van der Waals surface area (Å²) in [7, 11) is -6.90.